The maximum Gasteiger partial charge on any atom is 0.337 e. The number of rotatable bonds is 3. The van der Waals surface area contributed by atoms with Crippen molar-refractivity contribution in [3.8, 4) is 11.5 Å². The highest BCUT2D eigenvalue weighted by Crippen LogP contribution is 2.38. The Hall–Kier alpha value is -3.41. The van der Waals surface area contributed by atoms with Crippen LogP contribution >= 0.6 is 0 Å². The Morgan fingerprint density at radius 3 is 2.30 bits per heavy atom. The summed E-state index contributed by atoms with van der Waals surface area (Å²) in [5.74, 6) is -1.13. The number of carbonyl (C=O) groups is 1. The highest BCUT2D eigenvalue weighted by Gasteiger charge is 2.11. The molecule has 114 valence electrons. The molecule has 0 amide bonds. The number of aromatic carboxylic acids is 1. The minimum Gasteiger partial charge on any atom is -0.507 e. The topological polar surface area (TPSA) is 102 Å². The van der Waals surface area contributed by atoms with Crippen molar-refractivity contribution in [3.05, 3.63) is 60.2 Å². The first-order valence-corrected chi connectivity index (χ1v) is 6.75. The molecule has 0 spiro atoms. The molecule has 0 aliphatic heterocycles. The molecule has 0 radical (unpaired) electrons. The third-order valence-corrected chi connectivity index (χ3v) is 3.37. The lowest BCUT2D eigenvalue weighted by molar-refractivity contribution is 0.0697. The normalized spacial score (nSPS) is 11.1. The molecular formula is C17H12N2O4. The molecule has 6 heteroatoms. The zero-order chi connectivity index (χ0) is 16.4. The van der Waals surface area contributed by atoms with Crippen molar-refractivity contribution >= 4 is 28.1 Å². The standard InChI is InChI=1S/C17H12N2O4/c20-14-9-8-13(16-11(14)5-3-7-15(16)21)19-18-12-6-2-1-4-10(12)17(22)23/h1-9,20-21H,(H,22,23). The molecule has 0 aliphatic rings. The highest BCUT2D eigenvalue weighted by atomic mass is 16.4. The fourth-order valence-corrected chi connectivity index (χ4v) is 2.29. The summed E-state index contributed by atoms with van der Waals surface area (Å²) in [5.41, 5.74) is 0.566. The molecule has 0 aromatic heterocycles. The van der Waals surface area contributed by atoms with E-state index in [1.807, 2.05) is 0 Å². The van der Waals surface area contributed by atoms with E-state index in [0.29, 0.717) is 16.5 Å². The Morgan fingerprint density at radius 1 is 0.783 bits per heavy atom. The van der Waals surface area contributed by atoms with E-state index < -0.39 is 5.97 Å². The molecule has 0 atom stereocenters. The van der Waals surface area contributed by atoms with Crippen LogP contribution in [0.15, 0.2) is 64.8 Å². The van der Waals surface area contributed by atoms with Gasteiger partial charge in [-0.2, -0.15) is 0 Å². The lowest BCUT2D eigenvalue weighted by atomic mass is 10.1. The van der Waals surface area contributed by atoms with E-state index >= 15 is 0 Å². The van der Waals surface area contributed by atoms with Crippen molar-refractivity contribution in [2.75, 3.05) is 0 Å². The first-order valence-electron chi connectivity index (χ1n) is 6.75. The number of benzene rings is 3. The Labute approximate surface area is 131 Å². The summed E-state index contributed by atoms with van der Waals surface area (Å²) in [7, 11) is 0. The van der Waals surface area contributed by atoms with Gasteiger partial charge in [-0.3, -0.25) is 0 Å². The Balaban J connectivity index is 2.13. The summed E-state index contributed by atoms with van der Waals surface area (Å²) < 4.78 is 0. The molecule has 3 rings (SSSR count). The number of carboxylic acid groups (broad SMARTS) is 1. The van der Waals surface area contributed by atoms with Crippen LogP contribution in [0.1, 0.15) is 10.4 Å². The Kier molecular flexibility index (Phi) is 3.64. The van der Waals surface area contributed by atoms with Crippen molar-refractivity contribution in [1.29, 1.82) is 0 Å². The maximum absolute atomic E-state index is 11.2. The minimum absolute atomic E-state index is 0.0146. The number of hydrogen-bond donors (Lipinski definition) is 3. The van der Waals surface area contributed by atoms with Crippen molar-refractivity contribution < 1.29 is 20.1 Å². The average Bonchev–Trinajstić information content (AvgIpc) is 2.55. The van der Waals surface area contributed by atoms with Gasteiger partial charge >= 0.3 is 5.97 Å². The summed E-state index contributed by atoms with van der Waals surface area (Å²) in [6, 6.07) is 13.9. The number of nitrogens with zero attached hydrogens (tertiary/aromatic N) is 2. The zero-order valence-electron chi connectivity index (χ0n) is 11.8. The fraction of sp³-hybridized carbons (Fsp3) is 0. The van der Waals surface area contributed by atoms with Gasteiger partial charge in [0.15, 0.2) is 0 Å². The largest absolute Gasteiger partial charge is 0.507 e. The summed E-state index contributed by atoms with van der Waals surface area (Å²) in [4.78, 5) is 11.2. The summed E-state index contributed by atoms with van der Waals surface area (Å²) in [5, 5.41) is 37.8. The molecular weight excluding hydrogens is 296 g/mol. The molecule has 0 bridgehead atoms. The van der Waals surface area contributed by atoms with E-state index in [4.69, 9.17) is 5.11 Å². The number of fused-ring (bicyclic) bond motifs is 1. The van der Waals surface area contributed by atoms with Gasteiger partial charge in [-0.05, 0) is 30.3 Å². The van der Waals surface area contributed by atoms with Gasteiger partial charge in [0.2, 0.25) is 0 Å². The van der Waals surface area contributed by atoms with E-state index in [0.717, 1.165) is 0 Å². The predicted molar refractivity (Wildman–Crippen MR) is 84.9 cm³/mol. The lowest BCUT2D eigenvalue weighted by Gasteiger charge is -2.06. The van der Waals surface area contributed by atoms with Gasteiger partial charge in [0, 0.05) is 5.39 Å². The van der Waals surface area contributed by atoms with Crippen molar-refractivity contribution in [2.24, 2.45) is 10.2 Å². The van der Waals surface area contributed by atoms with E-state index in [1.165, 1.54) is 30.3 Å². The molecule has 0 fully saturated rings. The molecule has 0 saturated carbocycles. The SMILES string of the molecule is O=C(O)c1ccccc1N=Nc1ccc(O)c2cccc(O)c12. The van der Waals surface area contributed by atoms with Gasteiger partial charge in [-0.1, -0.05) is 24.3 Å². The number of phenols is 2. The molecule has 6 nitrogen and oxygen atoms in total. The van der Waals surface area contributed by atoms with E-state index in [1.54, 1.807) is 24.3 Å². The van der Waals surface area contributed by atoms with Crippen LogP contribution in [-0.4, -0.2) is 21.3 Å². The number of aromatic hydroxyl groups is 2. The number of hydrogen-bond acceptors (Lipinski definition) is 5. The van der Waals surface area contributed by atoms with Gasteiger partial charge in [0.25, 0.3) is 0 Å². The van der Waals surface area contributed by atoms with Gasteiger partial charge in [0.05, 0.1) is 16.6 Å². The van der Waals surface area contributed by atoms with E-state index in [9.17, 15) is 15.0 Å². The van der Waals surface area contributed by atoms with Crippen LogP contribution in [0.5, 0.6) is 11.5 Å². The van der Waals surface area contributed by atoms with Crippen LogP contribution in [0.2, 0.25) is 0 Å². The van der Waals surface area contributed by atoms with Crippen molar-refractivity contribution in [1.82, 2.24) is 0 Å². The van der Waals surface area contributed by atoms with Crippen molar-refractivity contribution in [2.45, 2.75) is 0 Å². The maximum atomic E-state index is 11.2. The number of carboxylic acids is 1. The summed E-state index contributed by atoms with van der Waals surface area (Å²) in [6.45, 7) is 0. The molecule has 0 unspecified atom stereocenters. The highest BCUT2D eigenvalue weighted by molar-refractivity contribution is 6.00. The quantitative estimate of drug-likeness (QED) is 0.625. The molecule has 0 heterocycles. The fourth-order valence-electron chi connectivity index (χ4n) is 2.29. The van der Waals surface area contributed by atoms with Gasteiger partial charge < -0.3 is 15.3 Å². The number of azo groups is 1. The van der Waals surface area contributed by atoms with Crippen LogP contribution in [0.3, 0.4) is 0 Å². The zero-order valence-corrected chi connectivity index (χ0v) is 11.8. The monoisotopic (exact) mass is 308 g/mol. The smallest absolute Gasteiger partial charge is 0.337 e. The minimum atomic E-state index is -1.10. The summed E-state index contributed by atoms with van der Waals surface area (Å²) in [6.07, 6.45) is 0. The molecule has 3 aromatic carbocycles. The third-order valence-electron chi connectivity index (χ3n) is 3.37. The molecule has 0 saturated heterocycles. The van der Waals surface area contributed by atoms with Gasteiger partial charge in [-0.15, -0.1) is 10.2 Å². The Bertz CT molecular complexity index is 935. The lowest BCUT2D eigenvalue weighted by Crippen LogP contribution is -1.95. The molecule has 3 aromatic rings. The first-order chi connectivity index (χ1) is 11.1. The first kappa shape index (κ1) is 14.5. The van der Waals surface area contributed by atoms with Crippen molar-refractivity contribution in [3.63, 3.8) is 0 Å². The second-order valence-electron chi connectivity index (χ2n) is 4.83. The van der Waals surface area contributed by atoms with E-state index in [2.05, 4.69) is 10.2 Å². The number of phenolic OH excluding ortho intramolecular Hbond substituents is 2. The van der Waals surface area contributed by atoms with E-state index in [-0.39, 0.29) is 22.7 Å². The average molecular weight is 308 g/mol. The second kappa shape index (κ2) is 5.76. The molecule has 23 heavy (non-hydrogen) atoms. The van der Waals surface area contributed by atoms with Crippen LogP contribution in [-0.2, 0) is 0 Å². The van der Waals surface area contributed by atoms with Gasteiger partial charge in [0.1, 0.15) is 17.2 Å². The third kappa shape index (κ3) is 2.69. The molecule has 3 N–H and O–H groups in total. The molecule has 0 aliphatic carbocycles. The second-order valence-corrected chi connectivity index (χ2v) is 4.83. The van der Waals surface area contributed by atoms with Gasteiger partial charge in [-0.25, -0.2) is 4.79 Å². The van der Waals surface area contributed by atoms with Crippen LogP contribution in [0.25, 0.3) is 10.8 Å². The van der Waals surface area contributed by atoms with Crippen LogP contribution < -0.4 is 0 Å². The van der Waals surface area contributed by atoms with Crippen LogP contribution in [0.4, 0.5) is 11.4 Å². The Morgan fingerprint density at radius 2 is 1.52 bits per heavy atom. The van der Waals surface area contributed by atoms with Crippen LogP contribution in [0, 0.1) is 0 Å². The summed E-state index contributed by atoms with van der Waals surface area (Å²) >= 11 is 0. The predicted octanol–water partition coefficient (Wildman–Crippen LogP) is 4.36.